The molecular formula is C26H24F4N6O5S. The number of pyridine rings is 1. The molecule has 5 rings (SSSR count). The fourth-order valence-corrected chi connectivity index (χ4v) is 5.81. The van der Waals surface area contributed by atoms with Gasteiger partial charge in [-0.3, -0.25) is 14.6 Å². The number of anilines is 1. The highest BCUT2D eigenvalue weighted by atomic mass is 32.2. The number of nitrogens with zero attached hydrogens (tertiary/aromatic N) is 4. The minimum atomic E-state index is -4.60. The molecular weight excluding hydrogens is 584 g/mol. The molecule has 1 aromatic carbocycles. The molecule has 42 heavy (non-hydrogen) atoms. The highest BCUT2D eigenvalue weighted by Crippen LogP contribution is 2.46. The fraction of sp³-hybridized carbons (Fsp3) is 0.346. The van der Waals surface area contributed by atoms with Gasteiger partial charge in [-0.1, -0.05) is 0 Å². The second-order valence-corrected chi connectivity index (χ2v) is 12.2. The largest absolute Gasteiger partial charge is 0.484 e. The molecule has 3 aromatic rings. The van der Waals surface area contributed by atoms with Gasteiger partial charge in [-0.25, -0.2) is 17.8 Å². The third kappa shape index (κ3) is 5.84. The van der Waals surface area contributed by atoms with Crippen LogP contribution in [-0.2, 0) is 33.0 Å². The van der Waals surface area contributed by atoms with Gasteiger partial charge < -0.3 is 15.4 Å². The SMILES string of the molecule is C/N=C/c1ccc(-n2nc3c(c2NC(=O)CS(C)(=O)=O)C(=O)N[C@]2(CCc4cc(OCC(F)(F)F)cc(F)c42)C3)nc1. The van der Waals surface area contributed by atoms with Crippen LogP contribution in [0.2, 0.25) is 0 Å². The molecule has 3 heterocycles. The lowest BCUT2D eigenvalue weighted by molar-refractivity contribution is -0.153. The van der Waals surface area contributed by atoms with Crippen LogP contribution >= 0.6 is 0 Å². The van der Waals surface area contributed by atoms with Gasteiger partial charge in [0.15, 0.2) is 28.1 Å². The molecule has 2 amide bonds. The molecule has 0 bridgehead atoms. The number of nitrogens with one attached hydrogen (secondary N) is 2. The molecule has 2 aromatic heterocycles. The van der Waals surface area contributed by atoms with E-state index in [4.69, 9.17) is 4.74 Å². The van der Waals surface area contributed by atoms with E-state index < -0.39 is 51.5 Å². The third-order valence-electron chi connectivity index (χ3n) is 6.77. The van der Waals surface area contributed by atoms with Crippen LogP contribution in [-0.4, -0.2) is 73.1 Å². The monoisotopic (exact) mass is 608 g/mol. The Labute approximate surface area is 236 Å². The van der Waals surface area contributed by atoms with Crippen molar-refractivity contribution >= 4 is 33.7 Å². The Morgan fingerprint density at radius 1 is 1.31 bits per heavy atom. The van der Waals surface area contributed by atoms with Crippen molar-refractivity contribution in [2.75, 3.05) is 31.0 Å². The number of aromatic nitrogens is 3. The maximum absolute atomic E-state index is 15.4. The van der Waals surface area contributed by atoms with Crippen LogP contribution in [0.4, 0.5) is 23.4 Å². The first-order valence-electron chi connectivity index (χ1n) is 12.5. The molecule has 11 nitrogen and oxygen atoms in total. The van der Waals surface area contributed by atoms with E-state index in [0.717, 1.165) is 12.3 Å². The molecule has 0 saturated heterocycles. The molecule has 2 aliphatic rings. The molecule has 1 aliphatic heterocycles. The summed E-state index contributed by atoms with van der Waals surface area (Å²) in [4.78, 5) is 34.4. The summed E-state index contributed by atoms with van der Waals surface area (Å²) in [6.45, 7) is -1.58. The van der Waals surface area contributed by atoms with E-state index in [-0.39, 0.29) is 53.5 Å². The van der Waals surface area contributed by atoms with E-state index in [2.05, 4.69) is 25.7 Å². The maximum atomic E-state index is 15.4. The minimum absolute atomic E-state index is 0.0245. The summed E-state index contributed by atoms with van der Waals surface area (Å²) in [5.74, 6) is -3.53. The van der Waals surface area contributed by atoms with Crippen LogP contribution in [0.25, 0.3) is 5.82 Å². The van der Waals surface area contributed by atoms with Crippen LogP contribution in [0, 0.1) is 5.82 Å². The fourth-order valence-electron chi connectivity index (χ4n) is 5.26. The Bertz CT molecular complexity index is 1720. The number of rotatable bonds is 7. The lowest BCUT2D eigenvalue weighted by Gasteiger charge is -2.35. The van der Waals surface area contributed by atoms with Crippen LogP contribution in [0.15, 0.2) is 35.5 Å². The molecule has 16 heteroatoms. The van der Waals surface area contributed by atoms with Crippen molar-refractivity contribution < 1.29 is 40.3 Å². The molecule has 0 radical (unpaired) electrons. The van der Waals surface area contributed by atoms with Crippen molar-refractivity contribution in [1.29, 1.82) is 0 Å². The Hall–Kier alpha value is -4.34. The Balaban J connectivity index is 1.55. The molecule has 1 spiro atoms. The standard InChI is InChI=1S/C26H24F4N6O5S/c1-31-10-14-3-4-19(32-11-14)36-23(33-20(37)12-42(2,39)40)21-18(35-36)9-25(34-24(21)38)6-5-15-7-16(8-17(27)22(15)25)41-13-26(28,29)30/h3-4,7-8,10-11H,5-6,9,12-13H2,1-2H3,(H,33,37)(H,34,38)/b31-10+/t25-/m1/s1. The van der Waals surface area contributed by atoms with Crippen LogP contribution < -0.4 is 15.4 Å². The molecule has 0 fully saturated rings. The van der Waals surface area contributed by atoms with Crippen molar-refractivity contribution in [1.82, 2.24) is 20.1 Å². The summed E-state index contributed by atoms with van der Waals surface area (Å²) in [6.07, 6.45) is -0.238. The average molecular weight is 609 g/mol. The number of aryl methyl sites for hydroxylation is 1. The number of hydrogen-bond donors (Lipinski definition) is 2. The smallest absolute Gasteiger partial charge is 0.422 e. The van der Waals surface area contributed by atoms with Crippen molar-refractivity contribution in [3.05, 3.63) is 64.2 Å². The Kier molecular flexibility index (Phi) is 7.28. The molecule has 0 saturated carbocycles. The molecule has 1 atom stereocenters. The van der Waals surface area contributed by atoms with E-state index in [9.17, 15) is 31.2 Å². The van der Waals surface area contributed by atoms with E-state index in [1.807, 2.05) is 0 Å². The number of benzene rings is 1. The van der Waals surface area contributed by atoms with Gasteiger partial charge in [-0.15, -0.1) is 0 Å². The maximum Gasteiger partial charge on any atom is 0.422 e. The summed E-state index contributed by atoms with van der Waals surface area (Å²) in [6, 6.07) is 5.39. The number of halogens is 4. The topological polar surface area (TPSA) is 145 Å². The summed E-state index contributed by atoms with van der Waals surface area (Å²) in [5.41, 5.74) is 0.00989. The molecule has 0 unspecified atom stereocenters. The zero-order chi connectivity index (χ0) is 30.4. The quantitative estimate of drug-likeness (QED) is 0.310. The number of carbonyl (C=O) groups is 2. The van der Waals surface area contributed by atoms with Crippen molar-refractivity contribution in [2.24, 2.45) is 4.99 Å². The van der Waals surface area contributed by atoms with Gasteiger partial charge in [0.05, 0.1) is 11.2 Å². The number of sulfone groups is 1. The highest BCUT2D eigenvalue weighted by molar-refractivity contribution is 7.91. The van der Waals surface area contributed by atoms with Crippen molar-refractivity contribution in [3.8, 4) is 11.6 Å². The minimum Gasteiger partial charge on any atom is -0.484 e. The first kappa shape index (κ1) is 29.2. The van der Waals surface area contributed by atoms with E-state index in [1.165, 1.54) is 16.9 Å². The van der Waals surface area contributed by atoms with Gasteiger partial charge in [0, 0.05) is 49.3 Å². The predicted octanol–water partition coefficient (Wildman–Crippen LogP) is 2.51. The first-order chi connectivity index (χ1) is 19.7. The molecule has 2 N–H and O–H groups in total. The lowest BCUT2D eigenvalue weighted by Crippen LogP contribution is -2.50. The number of hydrogen-bond acceptors (Lipinski definition) is 8. The van der Waals surface area contributed by atoms with Gasteiger partial charge in [-0.2, -0.15) is 23.0 Å². The summed E-state index contributed by atoms with van der Waals surface area (Å²) >= 11 is 0. The van der Waals surface area contributed by atoms with Crippen molar-refractivity contribution in [3.63, 3.8) is 0 Å². The second kappa shape index (κ2) is 10.5. The Morgan fingerprint density at radius 2 is 2.07 bits per heavy atom. The molecule has 222 valence electrons. The number of carbonyl (C=O) groups excluding carboxylic acids is 2. The summed E-state index contributed by atoms with van der Waals surface area (Å²) in [7, 11) is -2.13. The molecule has 1 aliphatic carbocycles. The van der Waals surface area contributed by atoms with Crippen molar-refractivity contribution in [2.45, 2.75) is 31.0 Å². The van der Waals surface area contributed by atoms with E-state index in [1.54, 1.807) is 25.4 Å². The van der Waals surface area contributed by atoms with Gasteiger partial charge >= 0.3 is 6.18 Å². The van der Waals surface area contributed by atoms with Gasteiger partial charge in [0.2, 0.25) is 5.91 Å². The predicted molar refractivity (Wildman–Crippen MR) is 142 cm³/mol. The lowest BCUT2D eigenvalue weighted by atomic mass is 9.82. The van der Waals surface area contributed by atoms with Crippen LogP contribution in [0.3, 0.4) is 0 Å². The first-order valence-corrected chi connectivity index (χ1v) is 14.6. The van der Waals surface area contributed by atoms with Crippen LogP contribution in [0.5, 0.6) is 5.75 Å². The number of ether oxygens (including phenoxy) is 1. The van der Waals surface area contributed by atoms with E-state index >= 15 is 4.39 Å². The third-order valence-corrected chi connectivity index (χ3v) is 7.56. The number of alkyl halides is 3. The average Bonchev–Trinajstić information content (AvgIpc) is 3.40. The second-order valence-electron chi connectivity index (χ2n) is 10.1. The van der Waals surface area contributed by atoms with Gasteiger partial charge in [0.25, 0.3) is 5.91 Å². The normalized spacial score (nSPS) is 18.2. The van der Waals surface area contributed by atoms with Gasteiger partial charge in [-0.05, 0) is 36.6 Å². The number of amides is 2. The summed E-state index contributed by atoms with van der Waals surface area (Å²) in [5, 5.41) is 9.79. The summed E-state index contributed by atoms with van der Waals surface area (Å²) < 4.78 is 82.6. The zero-order valence-corrected chi connectivity index (χ0v) is 23.1. The van der Waals surface area contributed by atoms with Gasteiger partial charge in [0.1, 0.15) is 22.9 Å². The number of fused-ring (bicyclic) bond motifs is 3. The van der Waals surface area contributed by atoms with E-state index in [0.29, 0.717) is 11.1 Å². The number of aliphatic imine (C=N–C) groups is 1. The zero-order valence-electron chi connectivity index (χ0n) is 22.2. The Morgan fingerprint density at radius 3 is 2.71 bits per heavy atom. The highest BCUT2D eigenvalue weighted by Gasteiger charge is 2.48. The van der Waals surface area contributed by atoms with Crippen LogP contribution in [0.1, 0.15) is 39.2 Å².